The van der Waals surface area contributed by atoms with Crippen LogP contribution in [0.15, 0.2) is 41.4 Å². The van der Waals surface area contributed by atoms with Crippen LogP contribution in [0, 0.1) is 11.3 Å². The molecule has 0 bridgehead atoms. The van der Waals surface area contributed by atoms with Crippen molar-refractivity contribution < 1.29 is 0 Å². The van der Waals surface area contributed by atoms with Gasteiger partial charge in [0.05, 0.1) is 17.6 Å². The summed E-state index contributed by atoms with van der Waals surface area (Å²) in [6.45, 7) is 1.92. The molecule has 3 rings (SSSR count). The molecule has 0 unspecified atom stereocenters. The highest BCUT2D eigenvalue weighted by Crippen LogP contribution is 2.33. The Hall–Kier alpha value is -1.80. The number of nitrogens with zero attached hydrogens (tertiary/aromatic N) is 4. The Morgan fingerprint density at radius 3 is 2.75 bits per heavy atom. The highest BCUT2D eigenvalue weighted by molar-refractivity contribution is 9.10. The average molecular weight is 331 g/mol. The maximum atomic E-state index is 9.27. The summed E-state index contributed by atoms with van der Waals surface area (Å²) in [4.78, 5) is 6.42. The first kappa shape index (κ1) is 13.2. The zero-order valence-electron chi connectivity index (χ0n) is 11.0. The molecule has 0 spiro atoms. The van der Waals surface area contributed by atoms with Gasteiger partial charge in [0.1, 0.15) is 6.07 Å². The van der Waals surface area contributed by atoms with Crippen LogP contribution in [0.4, 0.5) is 5.69 Å². The van der Waals surface area contributed by atoms with Gasteiger partial charge in [-0.3, -0.25) is 0 Å². The summed E-state index contributed by atoms with van der Waals surface area (Å²) in [5, 5.41) is 9.27. The van der Waals surface area contributed by atoms with Gasteiger partial charge in [-0.15, -0.1) is 0 Å². The summed E-state index contributed by atoms with van der Waals surface area (Å²) in [5.74, 6) is 0. The summed E-state index contributed by atoms with van der Waals surface area (Å²) in [6, 6.07) is 8.58. The Kier molecular flexibility index (Phi) is 3.75. The second kappa shape index (κ2) is 5.68. The normalized spacial score (nSPS) is 16.1. The monoisotopic (exact) mass is 330 g/mol. The van der Waals surface area contributed by atoms with Crippen LogP contribution in [0.1, 0.15) is 24.4 Å². The molecule has 0 N–H and O–H groups in total. The van der Waals surface area contributed by atoms with Crippen molar-refractivity contribution in [3.8, 4) is 6.07 Å². The number of anilines is 1. The van der Waals surface area contributed by atoms with Gasteiger partial charge in [-0.05, 0) is 40.9 Å². The number of rotatable bonds is 2. The van der Waals surface area contributed by atoms with E-state index in [0.717, 1.165) is 41.7 Å². The first-order valence-corrected chi connectivity index (χ1v) is 7.50. The SMILES string of the molecule is N#Cc1cccc(Br)c1N1CCC(n2ccnc2)CC1. The smallest absolute Gasteiger partial charge is 0.101 e. The second-order valence-electron chi connectivity index (χ2n) is 4.98. The fourth-order valence-electron chi connectivity index (χ4n) is 2.80. The molecule has 1 fully saturated rings. The number of hydrogen-bond acceptors (Lipinski definition) is 3. The van der Waals surface area contributed by atoms with Crippen LogP contribution in [0.2, 0.25) is 0 Å². The van der Waals surface area contributed by atoms with Crippen molar-refractivity contribution in [1.29, 1.82) is 5.26 Å². The number of nitriles is 1. The summed E-state index contributed by atoms with van der Waals surface area (Å²) < 4.78 is 3.18. The van der Waals surface area contributed by atoms with Crippen LogP contribution in [0.3, 0.4) is 0 Å². The molecule has 0 radical (unpaired) electrons. The van der Waals surface area contributed by atoms with Crippen LogP contribution in [-0.2, 0) is 0 Å². The molecule has 1 saturated heterocycles. The van der Waals surface area contributed by atoms with Crippen molar-refractivity contribution in [3.05, 3.63) is 47.0 Å². The van der Waals surface area contributed by atoms with E-state index in [-0.39, 0.29) is 0 Å². The molecule has 0 aliphatic carbocycles. The molecule has 1 aliphatic rings. The molecular weight excluding hydrogens is 316 g/mol. The highest BCUT2D eigenvalue weighted by atomic mass is 79.9. The fourth-order valence-corrected chi connectivity index (χ4v) is 3.42. The van der Waals surface area contributed by atoms with Crippen molar-refractivity contribution in [3.63, 3.8) is 0 Å². The van der Waals surface area contributed by atoms with Gasteiger partial charge in [-0.1, -0.05) is 6.07 Å². The fraction of sp³-hybridized carbons (Fsp3) is 0.333. The lowest BCUT2D eigenvalue weighted by molar-refractivity contribution is 0.396. The summed E-state index contributed by atoms with van der Waals surface area (Å²) >= 11 is 3.57. The Labute approximate surface area is 126 Å². The van der Waals surface area contributed by atoms with E-state index in [1.165, 1.54) is 0 Å². The van der Waals surface area contributed by atoms with E-state index in [1.807, 2.05) is 36.9 Å². The number of hydrogen-bond donors (Lipinski definition) is 0. The van der Waals surface area contributed by atoms with Crippen LogP contribution >= 0.6 is 15.9 Å². The van der Waals surface area contributed by atoms with E-state index in [9.17, 15) is 5.26 Å². The van der Waals surface area contributed by atoms with Crippen LogP contribution in [0.25, 0.3) is 0 Å². The van der Waals surface area contributed by atoms with Crippen molar-refractivity contribution in [2.75, 3.05) is 18.0 Å². The third-order valence-corrected chi connectivity index (χ3v) is 4.47. The van der Waals surface area contributed by atoms with Gasteiger partial charge in [0.15, 0.2) is 0 Å². The zero-order chi connectivity index (χ0) is 13.9. The molecule has 1 aliphatic heterocycles. The first-order chi connectivity index (χ1) is 9.79. The number of aromatic nitrogens is 2. The predicted molar refractivity (Wildman–Crippen MR) is 81.6 cm³/mol. The van der Waals surface area contributed by atoms with Crippen LogP contribution in [-0.4, -0.2) is 22.6 Å². The molecular formula is C15H15BrN4. The third-order valence-electron chi connectivity index (χ3n) is 3.83. The van der Waals surface area contributed by atoms with Crippen LogP contribution in [0.5, 0.6) is 0 Å². The van der Waals surface area contributed by atoms with Gasteiger partial charge in [0, 0.05) is 36.0 Å². The van der Waals surface area contributed by atoms with Crippen molar-refractivity contribution in [1.82, 2.24) is 9.55 Å². The predicted octanol–water partition coefficient (Wildman–Crippen LogP) is 3.36. The van der Waals surface area contributed by atoms with Crippen LogP contribution < -0.4 is 4.90 Å². The molecule has 20 heavy (non-hydrogen) atoms. The van der Waals surface area contributed by atoms with E-state index in [0.29, 0.717) is 6.04 Å². The first-order valence-electron chi connectivity index (χ1n) is 6.70. The number of para-hydroxylation sites is 1. The third kappa shape index (κ3) is 2.44. The van der Waals surface area contributed by atoms with Gasteiger partial charge in [0.2, 0.25) is 0 Å². The molecule has 0 amide bonds. The van der Waals surface area contributed by atoms with Gasteiger partial charge in [-0.25, -0.2) is 4.98 Å². The maximum Gasteiger partial charge on any atom is 0.101 e. The van der Waals surface area contributed by atoms with Gasteiger partial charge in [-0.2, -0.15) is 5.26 Å². The van der Waals surface area contributed by atoms with E-state index in [2.05, 4.69) is 36.5 Å². The Balaban J connectivity index is 1.77. The van der Waals surface area contributed by atoms with Gasteiger partial charge < -0.3 is 9.47 Å². The molecule has 0 atom stereocenters. The summed E-state index contributed by atoms with van der Waals surface area (Å²) in [7, 11) is 0. The molecule has 102 valence electrons. The molecule has 2 aromatic rings. The number of imidazole rings is 1. The van der Waals surface area contributed by atoms with Gasteiger partial charge >= 0.3 is 0 Å². The molecule has 5 heteroatoms. The lowest BCUT2D eigenvalue weighted by atomic mass is 10.0. The number of halogens is 1. The topological polar surface area (TPSA) is 44.9 Å². The van der Waals surface area contributed by atoms with Crippen molar-refractivity contribution in [2.24, 2.45) is 0 Å². The summed E-state index contributed by atoms with van der Waals surface area (Å²) in [5.41, 5.74) is 1.76. The Morgan fingerprint density at radius 1 is 1.30 bits per heavy atom. The quantitative estimate of drug-likeness (QED) is 0.848. The maximum absolute atomic E-state index is 9.27. The Morgan fingerprint density at radius 2 is 2.10 bits per heavy atom. The van der Waals surface area contributed by atoms with E-state index in [4.69, 9.17) is 0 Å². The average Bonchev–Trinajstić information content (AvgIpc) is 3.01. The van der Waals surface area contributed by atoms with Crippen molar-refractivity contribution >= 4 is 21.6 Å². The second-order valence-corrected chi connectivity index (χ2v) is 5.83. The van der Waals surface area contributed by atoms with E-state index < -0.39 is 0 Å². The largest absolute Gasteiger partial charge is 0.369 e. The lowest BCUT2D eigenvalue weighted by Crippen LogP contribution is -2.35. The zero-order valence-corrected chi connectivity index (χ0v) is 12.6. The molecule has 4 nitrogen and oxygen atoms in total. The standard InChI is InChI=1S/C15H15BrN4/c16-14-3-1-2-12(10-17)15(14)19-7-4-13(5-8-19)20-9-6-18-11-20/h1-3,6,9,11,13H,4-5,7-8H2. The molecule has 1 aromatic heterocycles. The summed E-state index contributed by atoms with van der Waals surface area (Å²) in [6.07, 6.45) is 7.89. The Bertz CT molecular complexity index is 622. The minimum Gasteiger partial charge on any atom is -0.369 e. The minimum absolute atomic E-state index is 0.516. The van der Waals surface area contributed by atoms with Gasteiger partial charge in [0.25, 0.3) is 0 Å². The number of benzene rings is 1. The minimum atomic E-state index is 0.516. The van der Waals surface area contributed by atoms with E-state index in [1.54, 1.807) is 0 Å². The molecule has 1 aromatic carbocycles. The molecule has 0 saturated carbocycles. The number of piperidine rings is 1. The molecule has 2 heterocycles. The van der Waals surface area contributed by atoms with E-state index >= 15 is 0 Å². The highest BCUT2D eigenvalue weighted by Gasteiger charge is 2.23. The van der Waals surface area contributed by atoms with Crippen molar-refractivity contribution in [2.45, 2.75) is 18.9 Å². The lowest BCUT2D eigenvalue weighted by Gasteiger charge is -2.35.